The molecule has 2 aromatic rings. The number of nitrogens with zero attached hydrogens (tertiary/aromatic N) is 4. The molecule has 0 spiro atoms. The van der Waals surface area contributed by atoms with Crippen molar-refractivity contribution in [3.05, 3.63) is 34.4 Å². The molecule has 114 valence electrons. The van der Waals surface area contributed by atoms with Crippen LogP contribution < -0.4 is 5.73 Å². The fourth-order valence-corrected chi connectivity index (χ4v) is 4.41. The zero-order valence-electron chi connectivity index (χ0n) is 11.7. The quantitative estimate of drug-likeness (QED) is 0.798. The van der Waals surface area contributed by atoms with Gasteiger partial charge in [-0.3, -0.25) is 0 Å². The van der Waals surface area contributed by atoms with E-state index in [1.54, 1.807) is 13.0 Å². The Labute approximate surface area is 131 Å². The number of benzene rings is 1. The Balaban J connectivity index is 2.40. The number of anilines is 1. The minimum atomic E-state index is -3.72. The predicted molar refractivity (Wildman–Crippen MR) is 82.8 cm³/mol. The van der Waals surface area contributed by atoms with Crippen LogP contribution in [-0.4, -0.2) is 34.3 Å². The number of sulfonamides is 1. The minimum absolute atomic E-state index is 0.0267. The van der Waals surface area contributed by atoms with Gasteiger partial charge in [0.2, 0.25) is 5.03 Å². The predicted octanol–water partition coefficient (Wildman–Crippen LogP) is 1.37. The van der Waals surface area contributed by atoms with Gasteiger partial charge in [0.25, 0.3) is 10.0 Å². The Hall–Kier alpha value is -1.45. The number of nitrogens with two attached hydrogens (primary N) is 1. The second-order valence-electron chi connectivity index (χ2n) is 4.44. The molecule has 0 saturated carbocycles. The largest absolute Gasteiger partial charge is 0.398 e. The lowest BCUT2D eigenvalue weighted by atomic mass is 10.2. The van der Waals surface area contributed by atoms with Gasteiger partial charge in [0.05, 0.1) is 0 Å². The van der Waals surface area contributed by atoms with E-state index in [-0.39, 0.29) is 16.2 Å². The number of aryl methyl sites for hydroxylation is 1. The van der Waals surface area contributed by atoms with Crippen LogP contribution in [0.25, 0.3) is 0 Å². The fourth-order valence-electron chi connectivity index (χ4n) is 1.95. The van der Waals surface area contributed by atoms with Gasteiger partial charge in [-0.1, -0.05) is 30.3 Å². The molecule has 2 N–H and O–H groups in total. The number of para-hydroxylation sites is 1. The molecule has 0 aliphatic heterocycles. The van der Waals surface area contributed by atoms with Crippen molar-refractivity contribution in [2.75, 3.05) is 12.3 Å². The smallest absolute Gasteiger partial charge is 0.263 e. The van der Waals surface area contributed by atoms with Gasteiger partial charge in [-0.05, 0) is 27.6 Å². The van der Waals surface area contributed by atoms with Crippen LogP contribution in [0.1, 0.15) is 12.5 Å². The third-order valence-corrected chi connectivity index (χ3v) is 5.89. The Morgan fingerprint density at radius 1 is 1.38 bits per heavy atom. The van der Waals surface area contributed by atoms with Crippen molar-refractivity contribution in [2.45, 2.75) is 18.5 Å². The molecular weight excluding hydrogens is 358 g/mol. The van der Waals surface area contributed by atoms with Crippen LogP contribution >= 0.6 is 15.9 Å². The first kappa shape index (κ1) is 15.9. The van der Waals surface area contributed by atoms with Gasteiger partial charge in [-0.2, -0.15) is 4.31 Å². The first-order valence-electron chi connectivity index (χ1n) is 6.26. The first-order chi connectivity index (χ1) is 9.87. The highest BCUT2D eigenvalue weighted by Gasteiger charge is 2.30. The maximum Gasteiger partial charge on any atom is 0.263 e. The van der Waals surface area contributed by atoms with Gasteiger partial charge in [0.15, 0.2) is 4.60 Å². The zero-order chi connectivity index (χ0) is 15.6. The molecular formula is C12H16BrN5O2S. The Morgan fingerprint density at radius 3 is 2.57 bits per heavy atom. The molecule has 1 aromatic carbocycles. The third kappa shape index (κ3) is 3.09. The van der Waals surface area contributed by atoms with Crippen LogP contribution in [0.2, 0.25) is 0 Å². The number of aromatic nitrogens is 3. The zero-order valence-corrected chi connectivity index (χ0v) is 14.1. The van der Waals surface area contributed by atoms with Crippen molar-refractivity contribution in [1.29, 1.82) is 0 Å². The summed E-state index contributed by atoms with van der Waals surface area (Å²) in [7, 11) is -2.18. The Bertz CT molecular complexity index is 724. The highest BCUT2D eigenvalue weighted by atomic mass is 79.9. The molecule has 2 rings (SSSR count). The standard InChI is InChI=1S/C12H16BrN5O2S/c1-3-18(8-9-6-4-5-7-10(9)14)21(19,20)12-11(13)15-16-17(12)2/h4-7H,3,8,14H2,1-2H3. The van der Waals surface area contributed by atoms with E-state index in [2.05, 4.69) is 26.2 Å². The number of halogens is 1. The van der Waals surface area contributed by atoms with Gasteiger partial charge < -0.3 is 5.73 Å². The summed E-state index contributed by atoms with van der Waals surface area (Å²) in [6.45, 7) is 2.28. The Kier molecular flexibility index (Phi) is 4.64. The average molecular weight is 374 g/mol. The van der Waals surface area contributed by atoms with Crippen molar-refractivity contribution in [1.82, 2.24) is 19.3 Å². The van der Waals surface area contributed by atoms with Gasteiger partial charge >= 0.3 is 0 Å². The third-order valence-electron chi connectivity index (χ3n) is 3.08. The average Bonchev–Trinajstić information content (AvgIpc) is 2.77. The van der Waals surface area contributed by atoms with Crippen molar-refractivity contribution in [3.8, 4) is 0 Å². The molecule has 0 bridgehead atoms. The molecule has 0 atom stereocenters. The van der Waals surface area contributed by atoms with Crippen LogP contribution in [0, 0.1) is 0 Å². The fraction of sp³-hybridized carbons (Fsp3) is 0.333. The van der Waals surface area contributed by atoms with Gasteiger partial charge in [0, 0.05) is 25.8 Å². The molecule has 7 nitrogen and oxygen atoms in total. The minimum Gasteiger partial charge on any atom is -0.398 e. The van der Waals surface area contributed by atoms with Crippen molar-refractivity contribution in [3.63, 3.8) is 0 Å². The van der Waals surface area contributed by atoms with Gasteiger partial charge in [0.1, 0.15) is 0 Å². The van der Waals surface area contributed by atoms with E-state index in [0.29, 0.717) is 12.2 Å². The highest BCUT2D eigenvalue weighted by Crippen LogP contribution is 2.24. The number of hydrogen-bond acceptors (Lipinski definition) is 5. The summed E-state index contributed by atoms with van der Waals surface area (Å²) < 4.78 is 28.2. The molecule has 0 unspecified atom stereocenters. The van der Waals surface area contributed by atoms with E-state index in [0.717, 1.165) is 5.56 Å². The molecule has 0 radical (unpaired) electrons. The summed E-state index contributed by atoms with van der Waals surface area (Å²) in [6, 6.07) is 7.19. The summed E-state index contributed by atoms with van der Waals surface area (Å²) in [4.78, 5) is 0. The van der Waals surface area contributed by atoms with E-state index >= 15 is 0 Å². The molecule has 0 fully saturated rings. The van der Waals surface area contributed by atoms with Crippen LogP contribution in [0.3, 0.4) is 0 Å². The summed E-state index contributed by atoms with van der Waals surface area (Å²) in [5.74, 6) is 0. The number of nitrogen functional groups attached to an aromatic ring is 1. The molecule has 0 amide bonds. The van der Waals surface area contributed by atoms with E-state index < -0.39 is 10.0 Å². The summed E-state index contributed by atoms with van der Waals surface area (Å²) >= 11 is 3.13. The highest BCUT2D eigenvalue weighted by molar-refractivity contribution is 9.10. The first-order valence-corrected chi connectivity index (χ1v) is 8.50. The Morgan fingerprint density at radius 2 is 2.05 bits per heavy atom. The van der Waals surface area contributed by atoms with Crippen molar-refractivity contribution in [2.24, 2.45) is 7.05 Å². The summed E-state index contributed by atoms with van der Waals surface area (Å²) in [6.07, 6.45) is 0. The normalized spacial score (nSPS) is 12.0. The monoisotopic (exact) mass is 373 g/mol. The van der Waals surface area contributed by atoms with Crippen LogP contribution in [0.5, 0.6) is 0 Å². The van der Waals surface area contributed by atoms with E-state index in [1.807, 2.05) is 18.2 Å². The molecule has 0 saturated heterocycles. The van der Waals surface area contributed by atoms with Crippen LogP contribution in [-0.2, 0) is 23.6 Å². The van der Waals surface area contributed by atoms with Gasteiger partial charge in [-0.15, -0.1) is 5.10 Å². The van der Waals surface area contributed by atoms with Crippen molar-refractivity contribution < 1.29 is 8.42 Å². The molecule has 21 heavy (non-hydrogen) atoms. The lowest BCUT2D eigenvalue weighted by molar-refractivity contribution is 0.417. The maximum absolute atomic E-state index is 12.7. The SMILES string of the molecule is CCN(Cc1ccccc1N)S(=O)(=O)c1c(Br)nnn1C. The molecule has 9 heteroatoms. The number of hydrogen-bond donors (Lipinski definition) is 1. The van der Waals surface area contributed by atoms with Crippen LogP contribution in [0.15, 0.2) is 33.9 Å². The lowest BCUT2D eigenvalue weighted by Gasteiger charge is -2.21. The lowest BCUT2D eigenvalue weighted by Crippen LogP contribution is -2.32. The number of rotatable bonds is 5. The van der Waals surface area contributed by atoms with E-state index in [4.69, 9.17) is 5.73 Å². The maximum atomic E-state index is 12.7. The molecule has 1 heterocycles. The van der Waals surface area contributed by atoms with E-state index in [1.165, 1.54) is 16.0 Å². The topological polar surface area (TPSA) is 94.1 Å². The summed E-state index contributed by atoms with van der Waals surface area (Å²) in [5, 5.41) is 7.46. The van der Waals surface area contributed by atoms with Gasteiger partial charge in [-0.25, -0.2) is 13.1 Å². The molecule has 0 aliphatic carbocycles. The summed E-state index contributed by atoms with van der Waals surface area (Å²) in [5.41, 5.74) is 7.21. The molecule has 0 aliphatic rings. The molecule has 1 aromatic heterocycles. The van der Waals surface area contributed by atoms with Crippen molar-refractivity contribution >= 4 is 31.6 Å². The second-order valence-corrected chi connectivity index (χ2v) is 7.04. The van der Waals surface area contributed by atoms with E-state index in [9.17, 15) is 8.42 Å². The van der Waals surface area contributed by atoms with Crippen LogP contribution in [0.4, 0.5) is 5.69 Å². The second kappa shape index (κ2) is 6.12.